The Labute approximate surface area is 168 Å². The molecule has 3 rings (SSSR count). The van der Waals surface area contributed by atoms with Crippen LogP contribution in [-0.2, 0) is 9.59 Å². The summed E-state index contributed by atoms with van der Waals surface area (Å²) in [5.41, 5.74) is 1.01. The average Bonchev–Trinajstić information content (AvgIpc) is 2.76. The molecule has 2 aromatic carbocycles. The fourth-order valence-corrected chi connectivity index (χ4v) is 2.95. The van der Waals surface area contributed by atoms with E-state index in [2.05, 4.69) is 5.32 Å². The molecule has 1 unspecified atom stereocenters. The van der Waals surface area contributed by atoms with E-state index in [4.69, 9.17) is 19.5 Å². The molecule has 0 aromatic heterocycles. The second kappa shape index (κ2) is 8.97. The first-order chi connectivity index (χ1) is 14.1. The van der Waals surface area contributed by atoms with Crippen LogP contribution in [0.5, 0.6) is 17.2 Å². The Hall–Kier alpha value is -3.73. The van der Waals surface area contributed by atoms with Crippen molar-refractivity contribution < 1.29 is 23.8 Å². The smallest absolute Gasteiger partial charge is 0.265 e. The van der Waals surface area contributed by atoms with Crippen molar-refractivity contribution in [1.82, 2.24) is 5.32 Å². The molecule has 0 saturated carbocycles. The lowest BCUT2D eigenvalue weighted by molar-refractivity contribution is -0.128. The zero-order valence-corrected chi connectivity index (χ0v) is 16.2. The van der Waals surface area contributed by atoms with Crippen LogP contribution < -0.4 is 24.4 Å². The molecule has 1 N–H and O–H groups in total. The maximum absolute atomic E-state index is 12.9. The topological polar surface area (TPSA) is 101 Å². The highest BCUT2D eigenvalue weighted by molar-refractivity contribution is 5.98. The number of hydrogen-bond acceptors (Lipinski definition) is 6. The fraction of sp³-hybridized carbons (Fsp3) is 0.286. The van der Waals surface area contributed by atoms with Crippen LogP contribution in [0.4, 0.5) is 5.69 Å². The quantitative estimate of drug-likeness (QED) is 0.801. The van der Waals surface area contributed by atoms with Crippen molar-refractivity contribution in [3.05, 3.63) is 48.0 Å². The van der Waals surface area contributed by atoms with Crippen molar-refractivity contribution in [2.75, 3.05) is 31.7 Å². The minimum absolute atomic E-state index is 0.0740. The number of para-hydroxylation sites is 2. The van der Waals surface area contributed by atoms with Gasteiger partial charge >= 0.3 is 0 Å². The van der Waals surface area contributed by atoms with Crippen molar-refractivity contribution in [1.29, 1.82) is 5.26 Å². The van der Waals surface area contributed by atoms with Crippen LogP contribution in [0, 0.1) is 11.3 Å². The standard InChI is InChI=1S/C21H21N3O5/c1-3-27-18-10-14(11-22)8-9-17(18)28-13-20(25)24-12-19(21(26)23-2)29-16-7-5-4-6-15(16)24/h4-10,19H,3,12-13H2,1-2H3,(H,23,26). The summed E-state index contributed by atoms with van der Waals surface area (Å²) in [5, 5.41) is 11.6. The van der Waals surface area contributed by atoms with Gasteiger partial charge in [-0.1, -0.05) is 12.1 Å². The molecule has 29 heavy (non-hydrogen) atoms. The lowest BCUT2D eigenvalue weighted by atomic mass is 10.1. The number of nitrogens with one attached hydrogen (secondary N) is 1. The largest absolute Gasteiger partial charge is 0.490 e. The molecule has 150 valence electrons. The van der Waals surface area contributed by atoms with E-state index in [9.17, 15) is 9.59 Å². The first-order valence-corrected chi connectivity index (χ1v) is 9.14. The van der Waals surface area contributed by atoms with E-state index in [0.29, 0.717) is 35.1 Å². The highest BCUT2D eigenvalue weighted by Crippen LogP contribution is 2.34. The molecule has 2 aromatic rings. The molecule has 0 fully saturated rings. The Bertz CT molecular complexity index is 954. The van der Waals surface area contributed by atoms with E-state index in [-0.39, 0.29) is 25.0 Å². The van der Waals surface area contributed by atoms with Gasteiger partial charge in [0, 0.05) is 13.1 Å². The van der Waals surface area contributed by atoms with E-state index >= 15 is 0 Å². The summed E-state index contributed by atoms with van der Waals surface area (Å²) in [6.45, 7) is 2.02. The number of carbonyl (C=O) groups excluding carboxylic acids is 2. The monoisotopic (exact) mass is 395 g/mol. The van der Waals surface area contributed by atoms with Gasteiger partial charge in [-0.15, -0.1) is 0 Å². The molecule has 1 aliphatic rings. The fourth-order valence-electron chi connectivity index (χ4n) is 2.95. The third kappa shape index (κ3) is 4.41. The third-order valence-corrected chi connectivity index (χ3v) is 4.34. The second-order valence-corrected chi connectivity index (χ2v) is 6.19. The van der Waals surface area contributed by atoms with Gasteiger partial charge in [0.25, 0.3) is 11.8 Å². The number of hydrogen-bond donors (Lipinski definition) is 1. The Morgan fingerprint density at radius 3 is 2.76 bits per heavy atom. The van der Waals surface area contributed by atoms with Gasteiger partial charge in [-0.2, -0.15) is 5.26 Å². The summed E-state index contributed by atoms with van der Waals surface area (Å²) in [7, 11) is 1.52. The summed E-state index contributed by atoms with van der Waals surface area (Å²) in [4.78, 5) is 26.4. The van der Waals surface area contributed by atoms with Gasteiger partial charge in [0.2, 0.25) is 0 Å². The lowest BCUT2D eigenvalue weighted by Gasteiger charge is -2.33. The van der Waals surface area contributed by atoms with Crippen LogP contribution in [0.2, 0.25) is 0 Å². The molecular formula is C21H21N3O5. The van der Waals surface area contributed by atoms with Gasteiger partial charge in [0.1, 0.15) is 5.75 Å². The molecule has 0 bridgehead atoms. The van der Waals surface area contributed by atoms with E-state index in [1.165, 1.54) is 11.9 Å². The first-order valence-electron chi connectivity index (χ1n) is 9.14. The van der Waals surface area contributed by atoms with Crippen LogP contribution in [0.25, 0.3) is 0 Å². The molecule has 1 atom stereocenters. The molecule has 8 nitrogen and oxygen atoms in total. The maximum Gasteiger partial charge on any atom is 0.265 e. The van der Waals surface area contributed by atoms with Crippen LogP contribution in [-0.4, -0.2) is 44.7 Å². The summed E-state index contributed by atoms with van der Waals surface area (Å²) >= 11 is 0. The van der Waals surface area contributed by atoms with Crippen molar-refractivity contribution >= 4 is 17.5 Å². The Kier molecular flexibility index (Phi) is 6.19. The number of nitriles is 1. The third-order valence-electron chi connectivity index (χ3n) is 4.34. The molecule has 1 aliphatic heterocycles. The highest BCUT2D eigenvalue weighted by Gasteiger charge is 2.33. The van der Waals surface area contributed by atoms with Crippen molar-refractivity contribution in [2.24, 2.45) is 0 Å². The molecule has 0 saturated heterocycles. The van der Waals surface area contributed by atoms with Crippen LogP contribution >= 0.6 is 0 Å². The number of fused-ring (bicyclic) bond motifs is 1. The van der Waals surface area contributed by atoms with Gasteiger partial charge in [-0.3, -0.25) is 9.59 Å². The normalized spacial score (nSPS) is 14.8. The van der Waals surface area contributed by atoms with Gasteiger partial charge in [-0.05, 0) is 31.2 Å². The SMILES string of the molecule is CCOc1cc(C#N)ccc1OCC(=O)N1CC(C(=O)NC)Oc2ccccc21. The summed E-state index contributed by atoms with van der Waals surface area (Å²) < 4.78 is 16.9. The molecule has 0 radical (unpaired) electrons. The van der Waals surface area contributed by atoms with E-state index < -0.39 is 6.10 Å². The minimum atomic E-state index is -0.812. The van der Waals surface area contributed by atoms with E-state index in [1.807, 2.05) is 13.0 Å². The zero-order valence-electron chi connectivity index (χ0n) is 16.2. The number of carbonyl (C=O) groups is 2. The predicted molar refractivity (Wildman–Crippen MR) is 105 cm³/mol. The number of rotatable bonds is 6. The highest BCUT2D eigenvalue weighted by atomic mass is 16.5. The summed E-state index contributed by atoms with van der Waals surface area (Å²) in [5.74, 6) is 0.563. The van der Waals surface area contributed by atoms with Crippen LogP contribution in [0.15, 0.2) is 42.5 Å². The minimum Gasteiger partial charge on any atom is -0.490 e. The number of likely N-dealkylation sites (N-methyl/N-ethyl adjacent to an activating group) is 1. The Morgan fingerprint density at radius 2 is 2.03 bits per heavy atom. The van der Waals surface area contributed by atoms with E-state index in [1.54, 1.807) is 42.5 Å². The van der Waals surface area contributed by atoms with Gasteiger partial charge in [0.15, 0.2) is 24.2 Å². The molecule has 0 aliphatic carbocycles. The summed E-state index contributed by atoms with van der Waals surface area (Å²) in [6, 6.07) is 13.8. The van der Waals surface area contributed by atoms with Crippen molar-refractivity contribution in [3.8, 4) is 23.3 Å². The lowest BCUT2D eigenvalue weighted by Crippen LogP contribution is -2.51. The molecule has 8 heteroatoms. The summed E-state index contributed by atoms with van der Waals surface area (Å²) in [6.07, 6.45) is -0.812. The molecule has 2 amide bonds. The number of benzene rings is 2. The first kappa shape index (κ1) is 20.0. The average molecular weight is 395 g/mol. The van der Waals surface area contributed by atoms with Gasteiger partial charge in [0.05, 0.1) is 30.5 Å². The second-order valence-electron chi connectivity index (χ2n) is 6.19. The Morgan fingerprint density at radius 1 is 1.24 bits per heavy atom. The number of ether oxygens (including phenoxy) is 3. The number of amides is 2. The van der Waals surface area contributed by atoms with E-state index in [0.717, 1.165) is 0 Å². The predicted octanol–water partition coefficient (Wildman–Crippen LogP) is 1.88. The number of nitrogens with zero attached hydrogens (tertiary/aromatic N) is 2. The van der Waals surface area contributed by atoms with Gasteiger partial charge in [-0.25, -0.2) is 0 Å². The maximum atomic E-state index is 12.9. The molecule has 0 spiro atoms. The van der Waals surface area contributed by atoms with Gasteiger partial charge < -0.3 is 24.4 Å². The van der Waals surface area contributed by atoms with Crippen molar-refractivity contribution in [2.45, 2.75) is 13.0 Å². The van der Waals surface area contributed by atoms with Crippen molar-refractivity contribution in [3.63, 3.8) is 0 Å². The zero-order chi connectivity index (χ0) is 20.8. The van der Waals surface area contributed by atoms with Crippen LogP contribution in [0.3, 0.4) is 0 Å². The number of anilines is 1. The molecule has 1 heterocycles. The molecular weight excluding hydrogens is 374 g/mol. The van der Waals surface area contributed by atoms with Crippen LogP contribution in [0.1, 0.15) is 12.5 Å². The Balaban J connectivity index is 1.78.